The van der Waals surface area contributed by atoms with Gasteiger partial charge in [0.15, 0.2) is 0 Å². The van der Waals surface area contributed by atoms with Gasteiger partial charge in [0.25, 0.3) is 0 Å². The second-order valence-electron chi connectivity index (χ2n) is 13.3. The SMILES string of the molecule is CC/C=C\C/C=C\C/C=C\C/C=C\C/C=C\C/C=C\CCCCC(=O)OC(/C=C\CCCCCC)CCCCCCC(=O)NCC(=O)NC(CO)C(=O)O. The van der Waals surface area contributed by atoms with Crippen LogP contribution in [0.2, 0.25) is 0 Å². The van der Waals surface area contributed by atoms with Crippen molar-refractivity contribution in [1.29, 1.82) is 0 Å². The van der Waals surface area contributed by atoms with Crippen molar-refractivity contribution in [2.24, 2.45) is 0 Å². The van der Waals surface area contributed by atoms with E-state index in [0.717, 1.165) is 96.3 Å². The summed E-state index contributed by atoms with van der Waals surface area (Å²) < 4.78 is 5.85. The molecule has 0 aliphatic carbocycles. The van der Waals surface area contributed by atoms with E-state index in [0.29, 0.717) is 12.8 Å². The predicted molar refractivity (Wildman–Crippen MR) is 222 cm³/mol. The quantitative estimate of drug-likeness (QED) is 0.0287. The van der Waals surface area contributed by atoms with Gasteiger partial charge in [-0.3, -0.25) is 14.4 Å². The number of amides is 2. The third kappa shape index (κ3) is 35.1. The highest BCUT2D eigenvalue weighted by Gasteiger charge is 2.18. The van der Waals surface area contributed by atoms with Gasteiger partial charge in [-0.05, 0) is 96.0 Å². The highest BCUT2D eigenvalue weighted by Crippen LogP contribution is 2.14. The molecule has 0 heterocycles. The number of esters is 1. The van der Waals surface area contributed by atoms with Crippen molar-refractivity contribution >= 4 is 23.8 Å². The number of nitrogens with one attached hydrogen (secondary N) is 2. The molecule has 0 bridgehead atoms. The number of carbonyl (C=O) groups excluding carboxylic acids is 3. The van der Waals surface area contributed by atoms with Crippen LogP contribution in [0.5, 0.6) is 0 Å². The van der Waals surface area contributed by atoms with Crippen LogP contribution < -0.4 is 10.6 Å². The van der Waals surface area contributed by atoms with Gasteiger partial charge in [-0.15, -0.1) is 0 Å². The van der Waals surface area contributed by atoms with E-state index in [1.165, 1.54) is 19.3 Å². The number of carbonyl (C=O) groups is 4. The third-order valence-electron chi connectivity index (χ3n) is 8.36. The van der Waals surface area contributed by atoms with Crippen LogP contribution in [0, 0.1) is 0 Å². The first kappa shape index (κ1) is 50.0. The van der Waals surface area contributed by atoms with Gasteiger partial charge in [-0.2, -0.15) is 0 Å². The number of unbranched alkanes of at least 4 members (excludes halogenated alkanes) is 9. The van der Waals surface area contributed by atoms with Crippen molar-refractivity contribution in [3.05, 3.63) is 85.1 Å². The van der Waals surface area contributed by atoms with Gasteiger partial charge in [0.1, 0.15) is 12.1 Å². The molecule has 9 nitrogen and oxygen atoms in total. The summed E-state index contributed by atoms with van der Waals surface area (Å²) in [6.45, 7) is 3.27. The fourth-order valence-electron chi connectivity index (χ4n) is 5.21. The van der Waals surface area contributed by atoms with Gasteiger partial charge in [-0.1, -0.05) is 125 Å². The summed E-state index contributed by atoms with van der Waals surface area (Å²) in [4.78, 5) is 47.4. The Morgan fingerprint density at radius 1 is 0.593 bits per heavy atom. The van der Waals surface area contributed by atoms with Crippen LogP contribution in [0.15, 0.2) is 85.1 Å². The molecule has 0 saturated heterocycles. The molecule has 0 aromatic heterocycles. The number of hydrogen-bond acceptors (Lipinski definition) is 6. The fraction of sp³-hybridized carbons (Fsp3) is 0.600. The zero-order valence-corrected chi connectivity index (χ0v) is 33.4. The summed E-state index contributed by atoms with van der Waals surface area (Å²) in [6, 6.07) is -1.40. The number of aliphatic carboxylic acids is 1. The lowest BCUT2D eigenvalue weighted by molar-refractivity contribution is -0.147. The molecule has 0 aliphatic rings. The normalized spacial score (nSPS) is 13.4. The summed E-state index contributed by atoms with van der Waals surface area (Å²) in [5.74, 6) is -2.47. The van der Waals surface area contributed by atoms with Crippen molar-refractivity contribution in [2.75, 3.05) is 13.2 Å². The molecular formula is C45H72N2O7. The first-order valence-electron chi connectivity index (χ1n) is 20.5. The Kier molecular flexibility index (Phi) is 35.9. The van der Waals surface area contributed by atoms with Gasteiger partial charge in [0, 0.05) is 12.8 Å². The lowest BCUT2D eigenvalue weighted by Crippen LogP contribution is -2.47. The van der Waals surface area contributed by atoms with Crippen LogP contribution in [0.1, 0.15) is 149 Å². The molecule has 2 amide bonds. The number of hydrogen-bond donors (Lipinski definition) is 4. The Bertz CT molecular complexity index is 1180. The fourth-order valence-corrected chi connectivity index (χ4v) is 5.21. The summed E-state index contributed by atoms with van der Waals surface area (Å²) in [6.07, 6.45) is 49.2. The molecule has 0 spiro atoms. The van der Waals surface area contributed by atoms with E-state index in [2.05, 4.69) is 103 Å². The molecule has 0 aromatic rings. The Hall–Kier alpha value is -3.98. The zero-order chi connectivity index (χ0) is 39.7. The van der Waals surface area contributed by atoms with Crippen LogP contribution >= 0.6 is 0 Å². The van der Waals surface area contributed by atoms with Crippen LogP contribution in [0.25, 0.3) is 0 Å². The summed E-state index contributed by atoms with van der Waals surface area (Å²) >= 11 is 0. The van der Waals surface area contributed by atoms with Gasteiger partial charge in [-0.25, -0.2) is 4.79 Å². The van der Waals surface area contributed by atoms with Crippen LogP contribution in [-0.4, -0.2) is 59.3 Å². The number of carboxylic acid groups (broad SMARTS) is 1. The largest absolute Gasteiger partial charge is 0.480 e. The number of aliphatic hydroxyl groups is 1. The molecule has 0 aliphatic heterocycles. The minimum absolute atomic E-state index is 0.159. The Morgan fingerprint density at radius 2 is 1.11 bits per heavy atom. The highest BCUT2D eigenvalue weighted by molar-refractivity contribution is 5.87. The summed E-state index contributed by atoms with van der Waals surface area (Å²) in [7, 11) is 0. The molecule has 9 heteroatoms. The molecule has 0 rings (SSSR count). The van der Waals surface area contributed by atoms with E-state index in [1.54, 1.807) is 0 Å². The number of carboxylic acids is 1. The number of ether oxygens (including phenoxy) is 1. The number of rotatable bonds is 35. The molecule has 0 saturated carbocycles. The van der Waals surface area contributed by atoms with Crippen molar-refractivity contribution in [3.8, 4) is 0 Å². The maximum atomic E-state index is 12.6. The average Bonchev–Trinajstić information content (AvgIpc) is 3.15. The summed E-state index contributed by atoms with van der Waals surface area (Å²) in [5.41, 5.74) is 0. The topological polar surface area (TPSA) is 142 Å². The van der Waals surface area contributed by atoms with Gasteiger partial charge in [0.05, 0.1) is 13.2 Å². The van der Waals surface area contributed by atoms with Crippen molar-refractivity contribution in [2.45, 2.75) is 161 Å². The summed E-state index contributed by atoms with van der Waals surface area (Å²) in [5, 5.41) is 22.5. The predicted octanol–water partition coefficient (Wildman–Crippen LogP) is 9.70. The zero-order valence-electron chi connectivity index (χ0n) is 33.4. The molecular weight excluding hydrogens is 681 g/mol. The van der Waals surface area contributed by atoms with Crippen molar-refractivity contribution in [1.82, 2.24) is 10.6 Å². The second kappa shape index (κ2) is 38.7. The van der Waals surface area contributed by atoms with Crippen LogP contribution in [0.4, 0.5) is 0 Å². The van der Waals surface area contributed by atoms with Crippen molar-refractivity contribution < 1.29 is 34.1 Å². The molecule has 2 atom stereocenters. The molecule has 4 N–H and O–H groups in total. The Balaban J connectivity index is 4.26. The standard InChI is InChI=1S/C45H72N2O7/c1-3-5-7-9-11-12-13-14-15-16-17-18-19-20-21-22-23-24-25-27-33-37-44(51)54-40(34-30-26-10-8-6-4-2)35-31-28-29-32-36-42(49)46-38-43(50)47-41(39-48)45(52)53/h5,7,11-12,14-15,17-18,20-21,23-24,30,34,40-41,48H,3-4,6,8-10,13,16,19,22,25-29,31-33,35-39H2,1-2H3,(H,46,49)(H,47,50)(H,52,53)/b7-5-,12-11-,15-14-,18-17-,21-20-,24-23-,34-30-. The average molecular weight is 753 g/mol. The van der Waals surface area contributed by atoms with Gasteiger partial charge in [0.2, 0.25) is 11.8 Å². The molecule has 0 aromatic carbocycles. The van der Waals surface area contributed by atoms with Gasteiger partial charge < -0.3 is 25.6 Å². The van der Waals surface area contributed by atoms with Crippen LogP contribution in [-0.2, 0) is 23.9 Å². The third-order valence-corrected chi connectivity index (χ3v) is 8.36. The maximum Gasteiger partial charge on any atom is 0.328 e. The molecule has 2 unspecified atom stereocenters. The van der Waals surface area contributed by atoms with E-state index < -0.39 is 24.5 Å². The molecule has 54 heavy (non-hydrogen) atoms. The van der Waals surface area contributed by atoms with Crippen LogP contribution in [0.3, 0.4) is 0 Å². The van der Waals surface area contributed by atoms with E-state index >= 15 is 0 Å². The van der Waals surface area contributed by atoms with Gasteiger partial charge >= 0.3 is 11.9 Å². The minimum Gasteiger partial charge on any atom is -0.480 e. The number of aliphatic hydroxyl groups excluding tert-OH is 1. The number of allylic oxidation sites excluding steroid dienone is 13. The van der Waals surface area contributed by atoms with E-state index in [1.807, 2.05) is 6.08 Å². The smallest absolute Gasteiger partial charge is 0.328 e. The lowest BCUT2D eigenvalue weighted by atomic mass is 10.1. The molecule has 304 valence electrons. The minimum atomic E-state index is -1.40. The Labute approximate surface area is 326 Å². The monoisotopic (exact) mass is 753 g/mol. The van der Waals surface area contributed by atoms with E-state index in [-0.39, 0.29) is 30.9 Å². The first-order chi connectivity index (χ1) is 26.3. The lowest BCUT2D eigenvalue weighted by Gasteiger charge is -2.15. The first-order valence-corrected chi connectivity index (χ1v) is 20.5. The second-order valence-corrected chi connectivity index (χ2v) is 13.3. The highest BCUT2D eigenvalue weighted by atomic mass is 16.5. The van der Waals surface area contributed by atoms with Crippen molar-refractivity contribution in [3.63, 3.8) is 0 Å². The molecule has 0 fully saturated rings. The van der Waals surface area contributed by atoms with E-state index in [4.69, 9.17) is 14.9 Å². The van der Waals surface area contributed by atoms with E-state index in [9.17, 15) is 19.2 Å². The molecule has 0 radical (unpaired) electrons. The Morgan fingerprint density at radius 3 is 1.69 bits per heavy atom. The maximum absolute atomic E-state index is 12.6.